The molecule has 3 rings (SSSR count). The molecule has 3 aromatic rings. The van der Waals surface area contributed by atoms with Crippen molar-refractivity contribution < 1.29 is 14.0 Å². The Morgan fingerprint density at radius 1 is 1.00 bits per heavy atom. The molecule has 0 saturated carbocycles. The number of rotatable bonds is 5. The van der Waals surface area contributed by atoms with Gasteiger partial charge in [-0.05, 0) is 62.2 Å². The molecule has 0 saturated heterocycles. The van der Waals surface area contributed by atoms with Crippen LogP contribution < -0.4 is 10.6 Å². The maximum absolute atomic E-state index is 13.2. The molecule has 0 atom stereocenters. The van der Waals surface area contributed by atoms with E-state index in [4.69, 9.17) is 0 Å². The number of aryl methyl sites for hydroxylation is 1. The Balaban J connectivity index is 1.84. The average molecular weight is 396 g/mol. The summed E-state index contributed by atoms with van der Waals surface area (Å²) in [5, 5.41) is 5.67. The van der Waals surface area contributed by atoms with E-state index in [1.807, 2.05) is 20.8 Å². The van der Waals surface area contributed by atoms with Gasteiger partial charge in [-0.1, -0.05) is 24.3 Å². The Hall–Kier alpha value is -2.99. The summed E-state index contributed by atoms with van der Waals surface area (Å²) in [7, 11) is 0. The lowest BCUT2D eigenvalue weighted by Crippen LogP contribution is -2.31. The van der Waals surface area contributed by atoms with E-state index in [0.717, 1.165) is 16.0 Å². The minimum absolute atomic E-state index is 0.00512. The molecule has 0 aliphatic rings. The Bertz CT molecular complexity index is 1010. The third kappa shape index (κ3) is 4.46. The van der Waals surface area contributed by atoms with E-state index < -0.39 is 0 Å². The molecule has 28 heavy (non-hydrogen) atoms. The first kappa shape index (κ1) is 19.8. The predicted molar refractivity (Wildman–Crippen MR) is 111 cm³/mol. The van der Waals surface area contributed by atoms with E-state index >= 15 is 0 Å². The highest BCUT2D eigenvalue weighted by Crippen LogP contribution is 2.33. The molecular formula is C22H21FN2O2S. The Kier molecular flexibility index (Phi) is 5.90. The van der Waals surface area contributed by atoms with Gasteiger partial charge < -0.3 is 10.6 Å². The number of nitrogens with one attached hydrogen (secondary N) is 2. The van der Waals surface area contributed by atoms with E-state index in [2.05, 4.69) is 10.6 Å². The van der Waals surface area contributed by atoms with Crippen LogP contribution in [0.25, 0.3) is 10.4 Å². The maximum Gasteiger partial charge on any atom is 0.265 e. The van der Waals surface area contributed by atoms with Crippen LogP contribution in [0, 0.1) is 12.7 Å². The molecule has 1 heterocycles. The van der Waals surface area contributed by atoms with E-state index in [1.165, 1.54) is 23.5 Å². The van der Waals surface area contributed by atoms with Gasteiger partial charge in [0.15, 0.2) is 0 Å². The lowest BCUT2D eigenvalue weighted by Gasteiger charge is -2.12. The first-order chi connectivity index (χ1) is 13.3. The van der Waals surface area contributed by atoms with Crippen LogP contribution in [-0.4, -0.2) is 17.9 Å². The minimum Gasteiger partial charge on any atom is -0.350 e. The highest BCUT2D eigenvalue weighted by atomic mass is 32.1. The zero-order chi connectivity index (χ0) is 20.3. The van der Waals surface area contributed by atoms with Gasteiger partial charge >= 0.3 is 0 Å². The maximum atomic E-state index is 13.2. The van der Waals surface area contributed by atoms with Crippen LogP contribution in [0.5, 0.6) is 0 Å². The highest BCUT2D eigenvalue weighted by molar-refractivity contribution is 7.17. The van der Waals surface area contributed by atoms with Crippen molar-refractivity contribution >= 4 is 28.8 Å². The highest BCUT2D eigenvalue weighted by Gasteiger charge is 2.17. The van der Waals surface area contributed by atoms with Crippen LogP contribution in [0.3, 0.4) is 0 Å². The van der Waals surface area contributed by atoms with Gasteiger partial charge in [-0.2, -0.15) is 0 Å². The lowest BCUT2D eigenvalue weighted by atomic mass is 10.1. The number of hydrogen-bond donors (Lipinski definition) is 2. The smallest absolute Gasteiger partial charge is 0.265 e. The van der Waals surface area contributed by atoms with Gasteiger partial charge in [-0.3, -0.25) is 9.59 Å². The number of carbonyl (C=O) groups is 2. The standard InChI is InChI=1S/C22H21FN2O2S/c1-13(2)24-21(26)17-6-4-5-7-18(17)25-22(27)19-12-14(3)20(28-19)15-8-10-16(23)11-9-15/h4-13H,1-3H3,(H,24,26)(H,25,27). The number of para-hydroxylation sites is 1. The van der Waals surface area contributed by atoms with Crippen molar-refractivity contribution in [2.24, 2.45) is 0 Å². The van der Waals surface area contributed by atoms with Crippen LogP contribution >= 0.6 is 11.3 Å². The van der Waals surface area contributed by atoms with Crippen molar-refractivity contribution in [1.29, 1.82) is 0 Å². The number of hydrogen-bond acceptors (Lipinski definition) is 3. The number of thiophene rings is 1. The van der Waals surface area contributed by atoms with Crippen molar-refractivity contribution in [2.75, 3.05) is 5.32 Å². The molecule has 0 bridgehead atoms. The molecule has 0 aliphatic carbocycles. The minimum atomic E-state index is -0.299. The number of halogens is 1. The molecule has 2 aromatic carbocycles. The topological polar surface area (TPSA) is 58.2 Å². The van der Waals surface area contributed by atoms with Crippen LogP contribution in [0.2, 0.25) is 0 Å². The van der Waals surface area contributed by atoms with Crippen molar-refractivity contribution in [2.45, 2.75) is 26.8 Å². The molecule has 6 heteroatoms. The lowest BCUT2D eigenvalue weighted by molar-refractivity contribution is 0.0944. The third-order valence-corrected chi connectivity index (χ3v) is 5.37. The first-order valence-electron chi connectivity index (χ1n) is 8.92. The Morgan fingerprint density at radius 2 is 1.68 bits per heavy atom. The summed E-state index contributed by atoms with van der Waals surface area (Å²) in [6.07, 6.45) is 0. The summed E-state index contributed by atoms with van der Waals surface area (Å²) in [4.78, 5) is 26.6. The van der Waals surface area contributed by atoms with Crippen molar-refractivity contribution in [1.82, 2.24) is 5.32 Å². The number of carbonyl (C=O) groups excluding carboxylic acids is 2. The predicted octanol–water partition coefficient (Wildman–Crippen LogP) is 5.25. The summed E-state index contributed by atoms with van der Waals surface area (Å²) < 4.78 is 13.2. The van der Waals surface area contributed by atoms with Gasteiger partial charge in [-0.25, -0.2) is 4.39 Å². The number of amides is 2. The first-order valence-corrected chi connectivity index (χ1v) is 9.74. The van der Waals surface area contributed by atoms with E-state index in [1.54, 1.807) is 42.5 Å². The van der Waals surface area contributed by atoms with Crippen molar-refractivity contribution in [3.8, 4) is 10.4 Å². The number of benzene rings is 2. The van der Waals surface area contributed by atoms with Crippen molar-refractivity contribution in [3.63, 3.8) is 0 Å². The second-order valence-electron chi connectivity index (χ2n) is 6.76. The molecule has 0 aliphatic heterocycles. The summed E-state index contributed by atoms with van der Waals surface area (Å²) >= 11 is 1.34. The monoisotopic (exact) mass is 396 g/mol. The van der Waals surface area contributed by atoms with Gasteiger partial charge in [0.05, 0.1) is 16.1 Å². The molecule has 1 aromatic heterocycles. The Labute approximate surface area is 167 Å². The van der Waals surface area contributed by atoms with Gasteiger partial charge in [-0.15, -0.1) is 11.3 Å². The van der Waals surface area contributed by atoms with Crippen LogP contribution in [0.1, 0.15) is 39.4 Å². The van der Waals surface area contributed by atoms with E-state index in [0.29, 0.717) is 16.1 Å². The van der Waals surface area contributed by atoms with Gasteiger partial charge in [0, 0.05) is 10.9 Å². The fourth-order valence-electron chi connectivity index (χ4n) is 2.80. The molecule has 0 radical (unpaired) electrons. The van der Waals surface area contributed by atoms with E-state index in [9.17, 15) is 14.0 Å². The molecule has 4 nitrogen and oxygen atoms in total. The fourth-order valence-corrected chi connectivity index (χ4v) is 3.87. The summed E-state index contributed by atoms with van der Waals surface area (Å²) in [5.74, 6) is -0.821. The molecule has 0 fully saturated rings. The quantitative estimate of drug-likeness (QED) is 0.619. The summed E-state index contributed by atoms with van der Waals surface area (Å²) in [5.41, 5.74) is 2.67. The van der Waals surface area contributed by atoms with Gasteiger partial charge in [0.1, 0.15) is 5.82 Å². The zero-order valence-electron chi connectivity index (χ0n) is 15.9. The van der Waals surface area contributed by atoms with Gasteiger partial charge in [0.2, 0.25) is 0 Å². The SMILES string of the molecule is Cc1cc(C(=O)Nc2ccccc2C(=O)NC(C)C)sc1-c1ccc(F)cc1. The molecule has 0 spiro atoms. The van der Waals surface area contributed by atoms with Gasteiger partial charge in [0.25, 0.3) is 11.8 Å². The molecule has 2 N–H and O–H groups in total. The van der Waals surface area contributed by atoms with Crippen LogP contribution in [-0.2, 0) is 0 Å². The third-order valence-electron chi connectivity index (χ3n) is 4.09. The molecular weight excluding hydrogens is 375 g/mol. The van der Waals surface area contributed by atoms with E-state index in [-0.39, 0.29) is 23.7 Å². The zero-order valence-corrected chi connectivity index (χ0v) is 16.7. The fraction of sp³-hybridized carbons (Fsp3) is 0.182. The average Bonchev–Trinajstić information content (AvgIpc) is 3.04. The number of anilines is 1. The second kappa shape index (κ2) is 8.35. The summed E-state index contributed by atoms with van der Waals surface area (Å²) in [6, 6.07) is 14.9. The molecule has 2 amide bonds. The largest absolute Gasteiger partial charge is 0.350 e. The summed E-state index contributed by atoms with van der Waals surface area (Å²) in [6.45, 7) is 5.67. The van der Waals surface area contributed by atoms with Crippen LogP contribution in [0.15, 0.2) is 54.6 Å². The molecule has 144 valence electrons. The Morgan fingerprint density at radius 3 is 2.36 bits per heavy atom. The normalized spacial score (nSPS) is 10.8. The molecule has 0 unspecified atom stereocenters. The van der Waals surface area contributed by atoms with Crippen molar-refractivity contribution in [3.05, 3.63) is 76.4 Å². The van der Waals surface area contributed by atoms with Crippen LogP contribution in [0.4, 0.5) is 10.1 Å². The second-order valence-corrected chi connectivity index (χ2v) is 7.81.